The number of benzene rings is 1. The molecule has 1 amide bonds. The van der Waals surface area contributed by atoms with E-state index in [1.54, 1.807) is 12.3 Å². The molecule has 2 aromatic heterocycles. The SMILES string of the molecule is O=C(/C=C/c1ccc(CNCCc2cccc3cc[nH]c23)cn1)NO. The Morgan fingerprint density at radius 1 is 1.24 bits per heavy atom. The highest BCUT2D eigenvalue weighted by Gasteiger charge is 2.01. The molecule has 0 saturated heterocycles. The number of hydrogen-bond donors (Lipinski definition) is 4. The van der Waals surface area contributed by atoms with Gasteiger partial charge in [0.25, 0.3) is 5.91 Å². The molecule has 0 saturated carbocycles. The largest absolute Gasteiger partial charge is 0.361 e. The average Bonchev–Trinajstić information content (AvgIpc) is 3.13. The van der Waals surface area contributed by atoms with Gasteiger partial charge < -0.3 is 10.3 Å². The van der Waals surface area contributed by atoms with E-state index in [1.165, 1.54) is 28.0 Å². The molecule has 0 aliphatic rings. The van der Waals surface area contributed by atoms with Crippen LogP contribution in [-0.4, -0.2) is 27.6 Å². The van der Waals surface area contributed by atoms with Gasteiger partial charge in [-0.1, -0.05) is 24.3 Å². The third-order valence-electron chi connectivity index (χ3n) is 3.94. The first-order valence-electron chi connectivity index (χ1n) is 8.09. The van der Waals surface area contributed by atoms with Crippen LogP contribution in [0.15, 0.2) is 54.9 Å². The molecule has 25 heavy (non-hydrogen) atoms. The molecule has 0 radical (unpaired) electrons. The van der Waals surface area contributed by atoms with Gasteiger partial charge in [0, 0.05) is 30.5 Å². The normalized spacial score (nSPS) is 11.2. The lowest BCUT2D eigenvalue weighted by atomic mass is 10.1. The van der Waals surface area contributed by atoms with Crippen molar-refractivity contribution in [3.05, 3.63) is 71.7 Å². The molecule has 6 nitrogen and oxygen atoms in total. The maximum Gasteiger partial charge on any atom is 0.267 e. The topological polar surface area (TPSA) is 90.0 Å². The Morgan fingerprint density at radius 2 is 2.16 bits per heavy atom. The van der Waals surface area contributed by atoms with Gasteiger partial charge in [-0.25, -0.2) is 5.48 Å². The highest BCUT2D eigenvalue weighted by Crippen LogP contribution is 2.17. The molecule has 0 aliphatic carbocycles. The van der Waals surface area contributed by atoms with E-state index in [0.717, 1.165) is 25.1 Å². The summed E-state index contributed by atoms with van der Waals surface area (Å²) in [5, 5.41) is 13.1. The molecular weight excluding hydrogens is 316 g/mol. The van der Waals surface area contributed by atoms with Crippen molar-refractivity contribution in [3.8, 4) is 0 Å². The molecule has 2 heterocycles. The van der Waals surface area contributed by atoms with Crippen LogP contribution >= 0.6 is 0 Å². The highest BCUT2D eigenvalue weighted by atomic mass is 16.5. The number of aromatic amines is 1. The summed E-state index contributed by atoms with van der Waals surface area (Å²) in [6.45, 7) is 1.60. The fourth-order valence-electron chi connectivity index (χ4n) is 2.65. The van der Waals surface area contributed by atoms with Crippen LogP contribution in [0, 0.1) is 0 Å². The van der Waals surface area contributed by atoms with Gasteiger partial charge in [-0.05, 0) is 47.7 Å². The van der Waals surface area contributed by atoms with Crippen molar-refractivity contribution in [2.24, 2.45) is 0 Å². The monoisotopic (exact) mass is 336 g/mol. The van der Waals surface area contributed by atoms with E-state index in [-0.39, 0.29) is 0 Å². The smallest absolute Gasteiger partial charge is 0.267 e. The van der Waals surface area contributed by atoms with Crippen LogP contribution in [0.2, 0.25) is 0 Å². The van der Waals surface area contributed by atoms with Gasteiger partial charge in [-0.2, -0.15) is 0 Å². The Morgan fingerprint density at radius 3 is 2.96 bits per heavy atom. The van der Waals surface area contributed by atoms with Crippen molar-refractivity contribution >= 4 is 22.9 Å². The van der Waals surface area contributed by atoms with E-state index in [1.807, 2.05) is 18.3 Å². The first-order valence-corrected chi connectivity index (χ1v) is 8.09. The van der Waals surface area contributed by atoms with Gasteiger partial charge in [0.15, 0.2) is 0 Å². The van der Waals surface area contributed by atoms with Gasteiger partial charge in [0.1, 0.15) is 0 Å². The van der Waals surface area contributed by atoms with Crippen molar-refractivity contribution in [1.82, 2.24) is 20.8 Å². The number of nitrogens with one attached hydrogen (secondary N) is 3. The Labute approximate surface area is 145 Å². The highest BCUT2D eigenvalue weighted by molar-refractivity contribution is 5.90. The van der Waals surface area contributed by atoms with Gasteiger partial charge in [0.2, 0.25) is 0 Å². The maximum atomic E-state index is 10.9. The second kappa shape index (κ2) is 8.23. The molecule has 0 atom stereocenters. The summed E-state index contributed by atoms with van der Waals surface area (Å²) in [5.41, 5.74) is 5.77. The molecular formula is C19H20N4O2. The van der Waals surface area contributed by atoms with Crippen molar-refractivity contribution in [2.75, 3.05) is 6.54 Å². The third-order valence-corrected chi connectivity index (χ3v) is 3.94. The minimum absolute atomic E-state index is 0.579. The van der Waals surface area contributed by atoms with Crippen LogP contribution in [0.5, 0.6) is 0 Å². The lowest BCUT2D eigenvalue weighted by Crippen LogP contribution is -2.17. The summed E-state index contributed by atoms with van der Waals surface area (Å²) in [6, 6.07) is 12.2. The first-order chi connectivity index (χ1) is 12.3. The van der Waals surface area contributed by atoms with E-state index in [2.05, 4.69) is 39.6 Å². The number of nitrogens with zero attached hydrogens (tertiary/aromatic N) is 1. The molecule has 0 spiro atoms. The molecule has 0 unspecified atom stereocenters. The first kappa shape index (κ1) is 16.9. The second-order valence-corrected chi connectivity index (χ2v) is 5.69. The molecule has 6 heteroatoms. The second-order valence-electron chi connectivity index (χ2n) is 5.69. The van der Waals surface area contributed by atoms with Gasteiger partial charge in [-0.3, -0.25) is 15.0 Å². The number of carbonyl (C=O) groups excluding carboxylic acids is 1. The van der Waals surface area contributed by atoms with Crippen molar-refractivity contribution in [3.63, 3.8) is 0 Å². The number of rotatable bonds is 7. The van der Waals surface area contributed by atoms with Crippen LogP contribution in [0.3, 0.4) is 0 Å². The van der Waals surface area contributed by atoms with Crippen molar-refractivity contribution in [2.45, 2.75) is 13.0 Å². The minimum Gasteiger partial charge on any atom is -0.361 e. The summed E-state index contributed by atoms with van der Waals surface area (Å²) in [6.07, 6.45) is 7.45. The Bertz CT molecular complexity index is 869. The predicted octanol–water partition coefficient (Wildman–Crippen LogP) is 2.41. The van der Waals surface area contributed by atoms with Gasteiger partial charge in [0.05, 0.1) is 5.69 Å². The number of amides is 1. The molecule has 0 aliphatic heterocycles. The lowest BCUT2D eigenvalue weighted by molar-refractivity contribution is -0.124. The van der Waals surface area contributed by atoms with Crippen molar-refractivity contribution < 1.29 is 10.0 Å². The van der Waals surface area contributed by atoms with Crippen LogP contribution in [0.1, 0.15) is 16.8 Å². The maximum absolute atomic E-state index is 10.9. The van der Waals surface area contributed by atoms with E-state index in [4.69, 9.17) is 5.21 Å². The molecule has 1 aromatic carbocycles. The Hall–Kier alpha value is -2.96. The molecule has 4 N–H and O–H groups in total. The molecule has 0 bridgehead atoms. The summed E-state index contributed by atoms with van der Waals surface area (Å²) in [4.78, 5) is 18.5. The summed E-state index contributed by atoms with van der Waals surface area (Å²) < 4.78 is 0. The quantitative estimate of drug-likeness (QED) is 0.231. The lowest BCUT2D eigenvalue weighted by Gasteiger charge is -2.06. The van der Waals surface area contributed by atoms with E-state index < -0.39 is 5.91 Å². The number of hydrogen-bond acceptors (Lipinski definition) is 4. The van der Waals surface area contributed by atoms with Crippen LogP contribution in [0.4, 0.5) is 0 Å². The zero-order chi connectivity index (χ0) is 17.5. The van der Waals surface area contributed by atoms with Gasteiger partial charge >= 0.3 is 0 Å². The zero-order valence-corrected chi connectivity index (χ0v) is 13.7. The number of carbonyl (C=O) groups is 1. The van der Waals surface area contributed by atoms with Crippen LogP contribution in [0.25, 0.3) is 17.0 Å². The standard InChI is InChI=1S/C19H20N4O2/c24-18(23-25)7-6-17-5-4-14(13-22-17)12-20-10-8-15-2-1-3-16-9-11-21-19(15)16/h1-7,9,11,13,20-21,25H,8,10,12H2,(H,23,24)/b7-6+. The number of aromatic nitrogens is 2. The van der Waals surface area contributed by atoms with E-state index in [9.17, 15) is 4.79 Å². The molecule has 0 fully saturated rings. The van der Waals surface area contributed by atoms with Crippen LogP contribution < -0.4 is 10.8 Å². The van der Waals surface area contributed by atoms with E-state index in [0.29, 0.717) is 5.69 Å². The minimum atomic E-state index is -0.579. The number of H-pyrrole nitrogens is 1. The zero-order valence-electron chi connectivity index (χ0n) is 13.7. The number of para-hydroxylation sites is 1. The summed E-state index contributed by atoms with van der Waals surface area (Å²) in [7, 11) is 0. The number of pyridine rings is 1. The Balaban J connectivity index is 1.48. The summed E-state index contributed by atoms with van der Waals surface area (Å²) >= 11 is 0. The van der Waals surface area contributed by atoms with Crippen molar-refractivity contribution in [1.29, 1.82) is 0 Å². The predicted molar refractivity (Wildman–Crippen MR) is 96.9 cm³/mol. The van der Waals surface area contributed by atoms with Gasteiger partial charge in [-0.15, -0.1) is 0 Å². The van der Waals surface area contributed by atoms with E-state index >= 15 is 0 Å². The Kier molecular flexibility index (Phi) is 5.56. The third kappa shape index (κ3) is 4.53. The fourth-order valence-corrected chi connectivity index (χ4v) is 2.65. The molecule has 3 aromatic rings. The summed E-state index contributed by atoms with van der Waals surface area (Å²) in [5.74, 6) is -0.579. The number of hydroxylamine groups is 1. The molecule has 3 rings (SSSR count). The average molecular weight is 336 g/mol. The fraction of sp³-hybridized carbons (Fsp3) is 0.158. The van der Waals surface area contributed by atoms with Crippen LogP contribution in [-0.2, 0) is 17.8 Å². The number of fused-ring (bicyclic) bond motifs is 1. The molecule has 128 valence electrons.